The maximum absolute atomic E-state index is 9.14. The van der Waals surface area contributed by atoms with Crippen LogP contribution in [0.2, 0.25) is 0 Å². The Hall–Kier alpha value is -0.850. The standard InChI is InChI=1S/C11H16N2S/c1-11(2,8-12)10(13(3)4)9-6-5-7-14-9/h5-7,10H,1-4H3. The predicted octanol–water partition coefficient (Wildman–Crippen LogP) is 2.90. The molecule has 0 amide bonds. The van der Waals surface area contributed by atoms with E-state index in [9.17, 15) is 0 Å². The highest BCUT2D eigenvalue weighted by molar-refractivity contribution is 7.10. The van der Waals surface area contributed by atoms with Crippen molar-refractivity contribution in [2.45, 2.75) is 19.9 Å². The summed E-state index contributed by atoms with van der Waals surface area (Å²) in [5.41, 5.74) is -0.353. The van der Waals surface area contributed by atoms with Crippen molar-refractivity contribution in [3.05, 3.63) is 22.4 Å². The molecule has 0 radical (unpaired) electrons. The topological polar surface area (TPSA) is 27.0 Å². The van der Waals surface area contributed by atoms with Crippen molar-refractivity contribution in [2.24, 2.45) is 5.41 Å². The number of thiophene rings is 1. The molecule has 0 spiro atoms. The van der Waals surface area contributed by atoms with Gasteiger partial charge in [-0.1, -0.05) is 6.07 Å². The molecule has 0 aliphatic heterocycles. The minimum absolute atomic E-state index is 0.174. The first-order valence-electron chi connectivity index (χ1n) is 4.60. The number of nitrogens with zero attached hydrogens (tertiary/aromatic N) is 2. The van der Waals surface area contributed by atoms with Crippen LogP contribution in [0.3, 0.4) is 0 Å². The molecule has 1 rings (SSSR count). The summed E-state index contributed by atoms with van der Waals surface area (Å²) >= 11 is 1.71. The molecule has 0 aromatic carbocycles. The van der Waals surface area contributed by atoms with Gasteiger partial charge in [-0.25, -0.2) is 0 Å². The fourth-order valence-corrected chi connectivity index (χ4v) is 2.87. The maximum atomic E-state index is 9.14. The van der Waals surface area contributed by atoms with Crippen molar-refractivity contribution >= 4 is 11.3 Å². The molecule has 0 saturated carbocycles. The van der Waals surface area contributed by atoms with E-state index >= 15 is 0 Å². The lowest BCUT2D eigenvalue weighted by Crippen LogP contribution is -2.31. The Morgan fingerprint density at radius 2 is 2.14 bits per heavy atom. The van der Waals surface area contributed by atoms with E-state index in [1.807, 2.05) is 34.0 Å². The Labute approximate surface area is 89.8 Å². The fraction of sp³-hybridized carbons (Fsp3) is 0.545. The molecular weight excluding hydrogens is 192 g/mol. The Balaban J connectivity index is 3.05. The Bertz CT molecular complexity index is 320. The van der Waals surface area contributed by atoms with Crippen LogP contribution in [0.15, 0.2) is 17.5 Å². The quantitative estimate of drug-likeness (QED) is 0.763. The lowest BCUT2D eigenvalue weighted by atomic mass is 9.84. The summed E-state index contributed by atoms with van der Waals surface area (Å²) in [7, 11) is 4.03. The largest absolute Gasteiger partial charge is 0.300 e. The van der Waals surface area contributed by atoms with Gasteiger partial charge in [0.05, 0.1) is 17.5 Å². The van der Waals surface area contributed by atoms with Crippen molar-refractivity contribution in [3.8, 4) is 6.07 Å². The van der Waals surface area contributed by atoms with Gasteiger partial charge in [-0.05, 0) is 39.4 Å². The highest BCUT2D eigenvalue weighted by Gasteiger charge is 2.33. The first-order chi connectivity index (χ1) is 6.49. The zero-order valence-electron chi connectivity index (χ0n) is 9.11. The molecule has 1 aromatic rings. The Kier molecular flexibility index (Phi) is 3.30. The molecule has 0 aliphatic carbocycles. The van der Waals surface area contributed by atoms with Gasteiger partial charge in [-0.15, -0.1) is 11.3 Å². The van der Waals surface area contributed by atoms with Crippen LogP contribution in [-0.4, -0.2) is 19.0 Å². The average molecular weight is 208 g/mol. The highest BCUT2D eigenvalue weighted by Crippen LogP contribution is 2.38. The third kappa shape index (κ3) is 2.14. The molecule has 0 N–H and O–H groups in total. The Morgan fingerprint density at radius 1 is 1.50 bits per heavy atom. The molecule has 1 heterocycles. The molecule has 1 unspecified atom stereocenters. The van der Waals surface area contributed by atoms with Crippen LogP contribution in [0.5, 0.6) is 0 Å². The summed E-state index contributed by atoms with van der Waals surface area (Å²) in [6.45, 7) is 3.97. The van der Waals surface area contributed by atoms with Gasteiger partial charge < -0.3 is 4.90 Å². The number of hydrogen-bond acceptors (Lipinski definition) is 3. The van der Waals surface area contributed by atoms with Crippen molar-refractivity contribution in [1.29, 1.82) is 5.26 Å². The molecule has 2 nitrogen and oxygen atoms in total. The average Bonchev–Trinajstić information content (AvgIpc) is 2.56. The molecule has 1 atom stereocenters. The van der Waals surface area contributed by atoms with E-state index in [-0.39, 0.29) is 11.5 Å². The van der Waals surface area contributed by atoms with Crippen LogP contribution in [0.1, 0.15) is 24.8 Å². The monoisotopic (exact) mass is 208 g/mol. The van der Waals surface area contributed by atoms with Gasteiger partial charge >= 0.3 is 0 Å². The van der Waals surface area contributed by atoms with Crippen LogP contribution in [0.4, 0.5) is 0 Å². The molecule has 1 aromatic heterocycles. The summed E-state index contributed by atoms with van der Waals surface area (Å²) < 4.78 is 0. The first kappa shape index (κ1) is 11.2. The van der Waals surface area contributed by atoms with Gasteiger partial charge in [0.15, 0.2) is 0 Å². The third-order valence-electron chi connectivity index (χ3n) is 2.30. The highest BCUT2D eigenvalue weighted by atomic mass is 32.1. The molecule has 3 heteroatoms. The van der Waals surface area contributed by atoms with E-state index in [1.54, 1.807) is 11.3 Å². The molecule has 0 bridgehead atoms. The van der Waals surface area contributed by atoms with Crippen molar-refractivity contribution in [3.63, 3.8) is 0 Å². The minimum atomic E-state index is -0.353. The van der Waals surface area contributed by atoms with E-state index in [0.717, 1.165) is 0 Å². The first-order valence-corrected chi connectivity index (χ1v) is 5.48. The molecule has 0 fully saturated rings. The van der Waals surface area contributed by atoms with E-state index in [1.165, 1.54) is 4.88 Å². The lowest BCUT2D eigenvalue weighted by molar-refractivity contribution is 0.189. The number of nitriles is 1. The van der Waals surface area contributed by atoms with E-state index in [0.29, 0.717) is 0 Å². The SMILES string of the molecule is CN(C)C(c1cccs1)C(C)(C)C#N. The molecular formula is C11H16N2S. The van der Waals surface area contributed by atoms with Crippen LogP contribution in [-0.2, 0) is 0 Å². The maximum Gasteiger partial charge on any atom is 0.0722 e. The third-order valence-corrected chi connectivity index (χ3v) is 3.23. The van der Waals surface area contributed by atoms with E-state index < -0.39 is 0 Å². The van der Waals surface area contributed by atoms with E-state index in [4.69, 9.17) is 5.26 Å². The molecule has 0 saturated heterocycles. The molecule has 76 valence electrons. The predicted molar refractivity (Wildman–Crippen MR) is 60.1 cm³/mol. The second kappa shape index (κ2) is 4.12. The summed E-state index contributed by atoms with van der Waals surface area (Å²) in [5.74, 6) is 0. The zero-order valence-corrected chi connectivity index (χ0v) is 9.93. The van der Waals surface area contributed by atoms with Crippen molar-refractivity contribution < 1.29 is 0 Å². The molecule has 14 heavy (non-hydrogen) atoms. The van der Waals surface area contributed by atoms with Crippen molar-refractivity contribution in [1.82, 2.24) is 4.90 Å². The lowest BCUT2D eigenvalue weighted by Gasteiger charge is -2.32. The summed E-state index contributed by atoms with van der Waals surface area (Å²) in [6.07, 6.45) is 0. The van der Waals surface area contributed by atoms with Crippen LogP contribution in [0, 0.1) is 16.7 Å². The van der Waals surface area contributed by atoms with Crippen LogP contribution in [0.25, 0.3) is 0 Å². The second-order valence-electron chi connectivity index (χ2n) is 4.22. The molecule has 0 aliphatic rings. The second-order valence-corrected chi connectivity index (χ2v) is 5.19. The van der Waals surface area contributed by atoms with E-state index in [2.05, 4.69) is 22.4 Å². The Morgan fingerprint density at radius 3 is 2.50 bits per heavy atom. The van der Waals surface area contributed by atoms with Gasteiger partial charge in [-0.3, -0.25) is 0 Å². The summed E-state index contributed by atoms with van der Waals surface area (Å²) in [4.78, 5) is 3.36. The van der Waals surface area contributed by atoms with Gasteiger partial charge in [0.1, 0.15) is 0 Å². The normalized spacial score (nSPS) is 14.0. The zero-order chi connectivity index (χ0) is 10.8. The van der Waals surface area contributed by atoms with Crippen LogP contribution >= 0.6 is 11.3 Å². The fourth-order valence-electron chi connectivity index (χ4n) is 1.76. The summed E-state index contributed by atoms with van der Waals surface area (Å²) in [6, 6.07) is 6.67. The van der Waals surface area contributed by atoms with Crippen LogP contribution < -0.4 is 0 Å². The number of rotatable bonds is 3. The smallest absolute Gasteiger partial charge is 0.0722 e. The van der Waals surface area contributed by atoms with Gasteiger partial charge in [0.2, 0.25) is 0 Å². The van der Waals surface area contributed by atoms with Gasteiger partial charge in [0, 0.05) is 4.88 Å². The minimum Gasteiger partial charge on any atom is -0.300 e. The van der Waals surface area contributed by atoms with Gasteiger partial charge in [-0.2, -0.15) is 5.26 Å². The van der Waals surface area contributed by atoms with Crippen molar-refractivity contribution in [2.75, 3.05) is 14.1 Å². The van der Waals surface area contributed by atoms with Gasteiger partial charge in [0.25, 0.3) is 0 Å². The summed E-state index contributed by atoms with van der Waals surface area (Å²) in [5, 5.41) is 11.2. The number of hydrogen-bond donors (Lipinski definition) is 0.